The molecular weight excluding hydrogens is 266 g/mol. The maximum absolute atomic E-state index is 5.35. The number of rotatable bonds is 6. The van der Waals surface area contributed by atoms with Crippen LogP contribution >= 0.6 is 12.2 Å². The molecule has 0 aromatic heterocycles. The van der Waals surface area contributed by atoms with E-state index in [2.05, 4.69) is 69.8 Å². The van der Waals surface area contributed by atoms with Crippen LogP contribution in [0.2, 0.25) is 0 Å². The first kappa shape index (κ1) is 16.9. The number of anilines is 1. The van der Waals surface area contributed by atoms with Gasteiger partial charge in [-0.25, -0.2) is 0 Å². The van der Waals surface area contributed by atoms with Crippen LogP contribution < -0.4 is 15.5 Å². The van der Waals surface area contributed by atoms with Crippen LogP contribution in [0.15, 0.2) is 24.3 Å². The van der Waals surface area contributed by atoms with Gasteiger partial charge < -0.3 is 15.5 Å². The van der Waals surface area contributed by atoms with Crippen LogP contribution in [0.5, 0.6) is 0 Å². The fourth-order valence-corrected chi connectivity index (χ4v) is 2.53. The van der Waals surface area contributed by atoms with E-state index in [1.165, 1.54) is 10.5 Å². The second-order valence-corrected chi connectivity index (χ2v) is 6.81. The van der Waals surface area contributed by atoms with Crippen molar-refractivity contribution < 1.29 is 4.90 Å². The molecule has 0 aliphatic rings. The highest BCUT2D eigenvalue weighted by molar-refractivity contribution is 7.80. The molecule has 0 aliphatic carbocycles. The molecule has 1 aromatic carbocycles. The van der Waals surface area contributed by atoms with Gasteiger partial charge in [-0.15, -0.1) is 0 Å². The molecule has 20 heavy (non-hydrogen) atoms. The van der Waals surface area contributed by atoms with Crippen LogP contribution in [-0.2, 0) is 6.42 Å². The number of quaternary nitrogens is 1. The van der Waals surface area contributed by atoms with Gasteiger partial charge in [0, 0.05) is 17.6 Å². The van der Waals surface area contributed by atoms with E-state index in [1.807, 2.05) is 0 Å². The van der Waals surface area contributed by atoms with Gasteiger partial charge in [-0.3, -0.25) is 0 Å². The normalized spacial score (nSPS) is 11.5. The largest absolute Gasteiger partial charge is 0.362 e. The van der Waals surface area contributed by atoms with Crippen LogP contribution in [0.1, 0.15) is 26.3 Å². The summed E-state index contributed by atoms with van der Waals surface area (Å²) in [6.45, 7) is 8.64. The molecule has 0 radical (unpaired) electrons. The Hall–Kier alpha value is -1.13. The minimum atomic E-state index is 0.219. The first-order valence-corrected chi connectivity index (χ1v) is 7.66. The van der Waals surface area contributed by atoms with Gasteiger partial charge >= 0.3 is 0 Å². The summed E-state index contributed by atoms with van der Waals surface area (Å²) in [5.74, 6) is 0. The Morgan fingerprint density at radius 2 is 1.80 bits per heavy atom. The molecule has 3 nitrogen and oxygen atoms in total. The zero-order chi connectivity index (χ0) is 15.2. The van der Waals surface area contributed by atoms with E-state index in [0.717, 1.165) is 25.2 Å². The average molecular weight is 294 g/mol. The molecule has 3 N–H and O–H groups in total. The minimum Gasteiger partial charge on any atom is -0.362 e. The summed E-state index contributed by atoms with van der Waals surface area (Å²) in [7, 11) is 4.35. The van der Waals surface area contributed by atoms with E-state index in [0.29, 0.717) is 5.11 Å². The third-order valence-corrected chi connectivity index (χ3v) is 3.43. The number of hydrogen-bond donors (Lipinski definition) is 3. The van der Waals surface area contributed by atoms with Crippen LogP contribution in [0.3, 0.4) is 0 Å². The third kappa shape index (κ3) is 6.35. The molecule has 0 atom stereocenters. The van der Waals surface area contributed by atoms with Gasteiger partial charge in [0.2, 0.25) is 0 Å². The lowest BCUT2D eigenvalue weighted by atomic mass is 9.93. The summed E-state index contributed by atoms with van der Waals surface area (Å²) in [6, 6.07) is 8.40. The van der Waals surface area contributed by atoms with E-state index in [4.69, 9.17) is 12.2 Å². The Morgan fingerprint density at radius 3 is 2.30 bits per heavy atom. The summed E-state index contributed by atoms with van der Waals surface area (Å²) < 4.78 is 0. The van der Waals surface area contributed by atoms with Gasteiger partial charge in [0.05, 0.1) is 20.6 Å². The van der Waals surface area contributed by atoms with E-state index >= 15 is 0 Å². The second kappa shape index (κ2) is 7.60. The maximum atomic E-state index is 5.35. The lowest BCUT2D eigenvalue weighted by Gasteiger charge is -2.26. The zero-order valence-electron chi connectivity index (χ0n) is 13.3. The maximum Gasteiger partial charge on any atom is 0.170 e. The van der Waals surface area contributed by atoms with E-state index in [-0.39, 0.29) is 5.41 Å². The highest BCUT2D eigenvalue weighted by atomic mass is 32.1. The molecule has 1 rings (SSSR count). The van der Waals surface area contributed by atoms with Gasteiger partial charge in [0.15, 0.2) is 5.11 Å². The lowest BCUT2D eigenvalue weighted by molar-refractivity contribution is -0.865. The topological polar surface area (TPSA) is 28.5 Å². The van der Waals surface area contributed by atoms with Crippen molar-refractivity contribution in [3.05, 3.63) is 29.8 Å². The molecule has 0 unspecified atom stereocenters. The van der Waals surface area contributed by atoms with Crippen molar-refractivity contribution >= 4 is 23.0 Å². The summed E-state index contributed by atoms with van der Waals surface area (Å²) >= 11 is 5.35. The highest BCUT2D eigenvalue weighted by Crippen LogP contribution is 2.12. The molecule has 0 aliphatic heterocycles. The van der Waals surface area contributed by atoms with E-state index < -0.39 is 0 Å². The van der Waals surface area contributed by atoms with E-state index in [1.54, 1.807) is 0 Å². The second-order valence-electron chi connectivity index (χ2n) is 6.41. The number of hydrogen-bond acceptors (Lipinski definition) is 1. The van der Waals surface area contributed by atoms with Crippen LogP contribution in [0.25, 0.3) is 0 Å². The molecule has 1 aromatic rings. The standard InChI is InChI=1S/C16H27N3S/c1-6-13-7-9-14(10-8-13)18-15(20)17-11-16(2,3)12-19(4)5/h7-10H,6,11-12H2,1-5H3,(H2,17,18,20)/p+1. The van der Waals surface area contributed by atoms with Crippen molar-refractivity contribution in [1.82, 2.24) is 5.32 Å². The number of benzene rings is 1. The van der Waals surface area contributed by atoms with E-state index in [9.17, 15) is 0 Å². The third-order valence-electron chi connectivity index (χ3n) is 3.18. The summed E-state index contributed by atoms with van der Waals surface area (Å²) in [5.41, 5.74) is 2.59. The summed E-state index contributed by atoms with van der Waals surface area (Å²) in [6.07, 6.45) is 1.06. The van der Waals surface area contributed by atoms with Crippen molar-refractivity contribution in [3.63, 3.8) is 0 Å². The van der Waals surface area contributed by atoms with Gasteiger partial charge in [-0.05, 0) is 36.3 Å². The lowest BCUT2D eigenvalue weighted by Crippen LogP contribution is -3.07. The molecule has 4 heteroatoms. The highest BCUT2D eigenvalue weighted by Gasteiger charge is 2.21. The van der Waals surface area contributed by atoms with Crippen molar-refractivity contribution in [2.75, 3.05) is 32.5 Å². The van der Waals surface area contributed by atoms with Crippen LogP contribution in [0, 0.1) is 5.41 Å². The van der Waals surface area contributed by atoms with Crippen molar-refractivity contribution in [2.24, 2.45) is 5.41 Å². The Balaban J connectivity index is 2.43. The molecule has 0 bridgehead atoms. The molecule has 0 heterocycles. The van der Waals surface area contributed by atoms with Crippen molar-refractivity contribution in [3.8, 4) is 0 Å². The monoisotopic (exact) mass is 294 g/mol. The molecular formula is C16H28N3S+. The minimum absolute atomic E-state index is 0.219. The van der Waals surface area contributed by atoms with Crippen LogP contribution in [0.4, 0.5) is 5.69 Å². The quantitative estimate of drug-likeness (QED) is 0.698. The van der Waals surface area contributed by atoms with Crippen molar-refractivity contribution in [1.29, 1.82) is 0 Å². The Bertz CT molecular complexity index is 424. The molecule has 0 fully saturated rings. The van der Waals surface area contributed by atoms with Crippen molar-refractivity contribution in [2.45, 2.75) is 27.2 Å². The van der Waals surface area contributed by atoms with Gasteiger partial charge in [-0.1, -0.05) is 32.9 Å². The Labute approximate surface area is 128 Å². The molecule has 0 saturated carbocycles. The molecule has 0 saturated heterocycles. The number of nitrogens with one attached hydrogen (secondary N) is 3. The fourth-order valence-electron chi connectivity index (χ4n) is 2.34. The number of aryl methyl sites for hydroxylation is 1. The summed E-state index contributed by atoms with van der Waals surface area (Å²) in [5, 5.41) is 7.24. The average Bonchev–Trinajstić information content (AvgIpc) is 2.36. The first-order chi connectivity index (χ1) is 9.32. The summed E-state index contributed by atoms with van der Waals surface area (Å²) in [4.78, 5) is 1.45. The SMILES string of the molecule is CCc1ccc(NC(=S)NCC(C)(C)C[NH+](C)C)cc1. The van der Waals surface area contributed by atoms with Crippen LogP contribution in [-0.4, -0.2) is 32.3 Å². The molecule has 0 amide bonds. The first-order valence-electron chi connectivity index (χ1n) is 7.25. The predicted molar refractivity (Wildman–Crippen MR) is 91.5 cm³/mol. The van der Waals surface area contributed by atoms with Gasteiger partial charge in [0.25, 0.3) is 0 Å². The molecule has 112 valence electrons. The number of thiocarbonyl (C=S) groups is 1. The van der Waals surface area contributed by atoms with Gasteiger partial charge in [0.1, 0.15) is 0 Å². The molecule has 0 spiro atoms. The Kier molecular flexibility index (Phi) is 6.43. The smallest absolute Gasteiger partial charge is 0.170 e. The fraction of sp³-hybridized carbons (Fsp3) is 0.562. The zero-order valence-corrected chi connectivity index (χ0v) is 14.2. The predicted octanol–water partition coefficient (Wildman–Crippen LogP) is 1.71. The Morgan fingerprint density at radius 1 is 1.20 bits per heavy atom. The van der Waals surface area contributed by atoms with Gasteiger partial charge in [-0.2, -0.15) is 0 Å².